The van der Waals surface area contributed by atoms with E-state index in [1.807, 2.05) is 54.6 Å². The first-order valence-electron chi connectivity index (χ1n) is 8.00. The molecule has 2 aromatic carbocycles. The van der Waals surface area contributed by atoms with Crippen LogP contribution in [0.15, 0.2) is 71.7 Å². The third-order valence-corrected chi connectivity index (χ3v) is 3.88. The average molecular weight is 319 g/mol. The number of nitrogens with one attached hydrogen (secondary N) is 1. The van der Waals surface area contributed by atoms with Crippen molar-refractivity contribution in [3.8, 4) is 22.6 Å². The minimum absolute atomic E-state index is 0.0493. The molecular weight excluding hydrogens is 298 g/mol. The van der Waals surface area contributed by atoms with Crippen LogP contribution in [-0.2, 0) is 5.41 Å². The first-order valence-corrected chi connectivity index (χ1v) is 8.00. The molecule has 0 atom stereocenters. The molecule has 1 aromatic heterocycles. The summed E-state index contributed by atoms with van der Waals surface area (Å²) in [6.45, 7) is 6.44. The molecule has 0 aliphatic rings. The summed E-state index contributed by atoms with van der Waals surface area (Å²) in [6, 6.07) is 19.3. The number of pyridine rings is 1. The normalized spacial score (nSPS) is 11.3. The summed E-state index contributed by atoms with van der Waals surface area (Å²) in [5, 5.41) is 0. The van der Waals surface area contributed by atoms with Crippen molar-refractivity contribution in [2.75, 3.05) is 0 Å². The van der Waals surface area contributed by atoms with Gasteiger partial charge in [-0.1, -0.05) is 45.0 Å². The zero-order valence-corrected chi connectivity index (χ0v) is 14.2. The largest absolute Gasteiger partial charge is 0.457 e. The molecule has 1 N–H and O–H groups in total. The lowest BCUT2D eigenvalue weighted by Gasteiger charge is -2.21. The summed E-state index contributed by atoms with van der Waals surface area (Å²) < 4.78 is 6.00. The summed E-state index contributed by atoms with van der Waals surface area (Å²) in [5.74, 6) is 1.50. The van der Waals surface area contributed by atoms with E-state index < -0.39 is 0 Å². The standard InChI is InChI=1S/C21H21NO2/c1-21(2,3)16-12-15(19-10-7-11-22-20(19)23)13-18(14-16)24-17-8-5-4-6-9-17/h4-14H,1-3H3,(H,22,23). The number of ether oxygens (including phenoxy) is 1. The number of aromatic amines is 1. The molecule has 0 radical (unpaired) electrons. The van der Waals surface area contributed by atoms with Gasteiger partial charge in [0.25, 0.3) is 5.56 Å². The van der Waals surface area contributed by atoms with Crippen molar-refractivity contribution in [3.05, 3.63) is 82.8 Å². The van der Waals surface area contributed by atoms with Crippen LogP contribution in [0.25, 0.3) is 11.1 Å². The Balaban J connectivity index is 2.11. The molecule has 0 spiro atoms. The van der Waals surface area contributed by atoms with Gasteiger partial charge in [-0.2, -0.15) is 0 Å². The molecule has 0 aliphatic heterocycles. The first kappa shape index (κ1) is 16.1. The summed E-state index contributed by atoms with van der Waals surface area (Å²) in [5.41, 5.74) is 2.46. The molecule has 0 unspecified atom stereocenters. The van der Waals surface area contributed by atoms with Crippen LogP contribution < -0.4 is 10.3 Å². The molecule has 0 aliphatic carbocycles. The minimum Gasteiger partial charge on any atom is -0.457 e. The number of H-pyrrole nitrogens is 1. The second-order valence-electron chi connectivity index (χ2n) is 6.82. The van der Waals surface area contributed by atoms with E-state index in [-0.39, 0.29) is 11.0 Å². The lowest BCUT2D eigenvalue weighted by atomic mass is 9.85. The highest BCUT2D eigenvalue weighted by molar-refractivity contribution is 5.66. The van der Waals surface area contributed by atoms with E-state index in [2.05, 4.69) is 31.8 Å². The maximum absolute atomic E-state index is 12.2. The van der Waals surface area contributed by atoms with Crippen molar-refractivity contribution in [3.63, 3.8) is 0 Å². The Hall–Kier alpha value is -2.81. The molecule has 0 saturated carbocycles. The predicted molar refractivity (Wildman–Crippen MR) is 97.7 cm³/mol. The van der Waals surface area contributed by atoms with Crippen molar-refractivity contribution in [2.45, 2.75) is 26.2 Å². The Morgan fingerprint density at radius 3 is 2.29 bits per heavy atom. The van der Waals surface area contributed by atoms with E-state index in [1.165, 1.54) is 0 Å². The van der Waals surface area contributed by atoms with Gasteiger partial charge in [-0.15, -0.1) is 0 Å². The van der Waals surface area contributed by atoms with Gasteiger partial charge in [0.2, 0.25) is 0 Å². The van der Waals surface area contributed by atoms with Crippen LogP contribution in [0.5, 0.6) is 11.5 Å². The van der Waals surface area contributed by atoms with E-state index >= 15 is 0 Å². The van der Waals surface area contributed by atoms with Crippen molar-refractivity contribution >= 4 is 0 Å². The van der Waals surface area contributed by atoms with Crippen LogP contribution in [0.4, 0.5) is 0 Å². The van der Waals surface area contributed by atoms with Gasteiger partial charge in [-0.05, 0) is 52.9 Å². The molecule has 0 fully saturated rings. The molecule has 0 amide bonds. The highest BCUT2D eigenvalue weighted by atomic mass is 16.5. The Morgan fingerprint density at radius 1 is 0.875 bits per heavy atom. The van der Waals surface area contributed by atoms with Gasteiger partial charge in [0.15, 0.2) is 0 Å². The van der Waals surface area contributed by atoms with Crippen molar-refractivity contribution in [1.82, 2.24) is 4.98 Å². The van der Waals surface area contributed by atoms with E-state index in [0.717, 1.165) is 22.6 Å². The lowest BCUT2D eigenvalue weighted by molar-refractivity contribution is 0.479. The van der Waals surface area contributed by atoms with Gasteiger partial charge in [-0.3, -0.25) is 4.79 Å². The summed E-state index contributed by atoms with van der Waals surface area (Å²) in [6.07, 6.45) is 1.64. The fraction of sp³-hybridized carbons (Fsp3) is 0.190. The molecule has 3 aromatic rings. The molecule has 3 nitrogen and oxygen atoms in total. The number of rotatable bonds is 3. The van der Waals surface area contributed by atoms with Gasteiger partial charge >= 0.3 is 0 Å². The van der Waals surface area contributed by atoms with Crippen molar-refractivity contribution in [1.29, 1.82) is 0 Å². The zero-order chi connectivity index (χ0) is 17.2. The van der Waals surface area contributed by atoms with Gasteiger partial charge in [0.05, 0.1) is 0 Å². The third-order valence-electron chi connectivity index (χ3n) is 3.88. The van der Waals surface area contributed by atoms with E-state index in [9.17, 15) is 4.79 Å². The van der Waals surface area contributed by atoms with Gasteiger partial charge in [0, 0.05) is 11.8 Å². The van der Waals surface area contributed by atoms with Gasteiger partial charge in [0.1, 0.15) is 11.5 Å². The van der Waals surface area contributed by atoms with Gasteiger partial charge in [-0.25, -0.2) is 0 Å². The third kappa shape index (κ3) is 3.57. The van der Waals surface area contributed by atoms with Crippen molar-refractivity contribution in [2.24, 2.45) is 0 Å². The molecule has 3 heteroatoms. The maximum Gasteiger partial charge on any atom is 0.255 e. The van der Waals surface area contributed by atoms with E-state index in [1.54, 1.807) is 6.20 Å². The van der Waals surface area contributed by atoms with Crippen LogP contribution in [0, 0.1) is 0 Å². The number of hydrogen-bond acceptors (Lipinski definition) is 2. The predicted octanol–water partition coefficient (Wildman–Crippen LogP) is 5.13. The molecule has 0 saturated heterocycles. The van der Waals surface area contributed by atoms with Crippen molar-refractivity contribution < 1.29 is 4.74 Å². The summed E-state index contributed by atoms with van der Waals surface area (Å²) >= 11 is 0. The highest BCUT2D eigenvalue weighted by Gasteiger charge is 2.17. The molecule has 3 rings (SSSR count). The van der Waals surface area contributed by atoms with E-state index in [4.69, 9.17) is 4.74 Å². The Labute approximate surface area is 142 Å². The van der Waals surface area contributed by atoms with Crippen LogP contribution >= 0.6 is 0 Å². The monoisotopic (exact) mass is 319 g/mol. The number of para-hydroxylation sites is 1. The first-order chi connectivity index (χ1) is 11.4. The second kappa shape index (κ2) is 6.36. The molecular formula is C21H21NO2. The van der Waals surface area contributed by atoms with Crippen LogP contribution in [0.2, 0.25) is 0 Å². The summed E-state index contributed by atoms with van der Waals surface area (Å²) in [4.78, 5) is 14.9. The lowest BCUT2D eigenvalue weighted by Crippen LogP contribution is -2.12. The molecule has 122 valence electrons. The summed E-state index contributed by atoms with van der Waals surface area (Å²) in [7, 11) is 0. The Bertz CT molecular complexity index is 889. The topological polar surface area (TPSA) is 42.1 Å². The molecule has 0 bridgehead atoms. The second-order valence-corrected chi connectivity index (χ2v) is 6.82. The fourth-order valence-corrected chi connectivity index (χ4v) is 2.52. The minimum atomic E-state index is -0.103. The zero-order valence-electron chi connectivity index (χ0n) is 14.2. The molecule has 24 heavy (non-hydrogen) atoms. The quantitative estimate of drug-likeness (QED) is 0.727. The highest BCUT2D eigenvalue weighted by Crippen LogP contribution is 2.33. The van der Waals surface area contributed by atoms with E-state index in [0.29, 0.717) is 5.56 Å². The number of hydrogen-bond donors (Lipinski definition) is 1. The smallest absolute Gasteiger partial charge is 0.255 e. The number of benzene rings is 2. The molecule has 1 heterocycles. The Kier molecular flexibility index (Phi) is 4.26. The van der Waals surface area contributed by atoms with Crippen LogP contribution in [-0.4, -0.2) is 4.98 Å². The fourth-order valence-electron chi connectivity index (χ4n) is 2.52. The Morgan fingerprint density at radius 2 is 1.62 bits per heavy atom. The number of aromatic nitrogens is 1. The average Bonchev–Trinajstić information content (AvgIpc) is 2.55. The van der Waals surface area contributed by atoms with Crippen LogP contribution in [0.1, 0.15) is 26.3 Å². The SMILES string of the molecule is CC(C)(C)c1cc(Oc2ccccc2)cc(-c2ccc[nH]c2=O)c1. The van der Waals surface area contributed by atoms with Gasteiger partial charge < -0.3 is 9.72 Å². The maximum atomic E-state index is 12.2. The van der Waals surface area contributed by atoms with Crippen LogP contribution in [0.3, 0.4) is 0 Å².